The van der Waals surface area contributed by atoms with E-state index in [1.807, 2.05) is 0 Å². The Morgan fingerprint density at radius 2 is 1.88 bits per heavy atom. The summed E-state index contributed by atoms with van der Waals surface area (Å²) in [6, 6.07) is 1.75. The molecule has 0 aliphatic carbocycles. The van der Waals surface area contributed by atoms with Crippen molar-refractivity contribution in [1.29, 1.82) is 5.26 Å². The molecule has 8 heavy (non-hydrogen) atoms. The van der Waals surface area contributed by atoms with E-state index < -0.39 is 6.43 Å². The van der Waals surface area contributed by atoms with Crippen molar-refractivity contribution >= 4 is 15.9 Å². The number of alkyl halides is 3. The summed E-state index contributed by atoms with van der Waals surface area (Å²) in [5.74, 6) is 0. The Morgan fingerprint density at radius 3 is 1.88 bits per heavy atom. The zero-order chi connectivity index (χ0) is 6.99. The van der Waals surface area contributed by atoms with Gasteiger partial charge < -0.3 is 0 Å². The molecule has 0 atom stereocenters. The summed E-state index contributed by atoms with van der Waals surface area (Å²) in [6.45, 7) is 1.43. The smallest absolute Gasteiger partial charge is 0.210 e. The number of rotatable bonds is 1. The highest BCUT2D eigenvalue weighted by Crippen LogP contribution is 1.94. The van der Waals surface area contributed by atoms with E-state index in [0.717, 1.165) is 0 Å². The largest absolute Gasteiger partial charge is 0.248 e. The summed E-state index contributed by atoms with van der Waals surface area (Å²) >= 11 is 2.56. The molecule has 0 rings (SSSR count). The number of hydrogen-bond donors (Lipinski definition) is 0. The van der Waals surface area contributed by atoms with Gasteiger partial charge in [0.05, 0.1) is 11.4 Å². The van der Waals surface area contributed by atoms with Crippen LogP contribution in [0.5, 0.6) is 0 Å². The van der Waals surface area contributed by atoms with Gasteiger partial charge in [0.25, 0.3) is 0 Å². The van der Waals surface area contributed by atoms with E-state index >= 15 is 0 Å². The third kappa shape index (κ3) is 40.6. The summed E-state index contributed by atoms with van der Waals surface area (Å²) in [6.07, 6.45) is -2.20. The van der Waals surface area contributed by atoms with Crippen LogP contribution < -0.4 is 0 Å². The highest BCUT2D eigenvalue weighted by Gasteiger charge is 1.92. The van der Waals surface area contributed by atoms with Crippen molar-refractivity contribution in [2.24, 2.45) is 0 Å². The van der Waals surface area contributed by atoms with Crippen LogP contribution in [-0.4, -0.2) is 11.8 Å². The van der Waals surface area contributed by atoms with Crippen LogP contribution in [0.2, 0.25) is 0 Å². The molecule has 0 saturated carbocycles. The minimum Gasteiger partial charge on any atom is -0.210 e. The van der Waals surface area contributed by atoms with Crippen LogP contribution in [0.25, 0.3) is 0 Å². The molecule has 0 saturated heterocycles. The van der Waals surface area contributed by atoms with Crippen LogP contribution in [-0.2, 0) is 0 Å². The van der Waals surface area contributed by atoms with Gasteiger partial charge in [0.1, 0.15) is 0 Å². The molecule has 0 aromatic carbocycles. The van der Waals surface area contributed by atoms with Crippen molar-refractivity contribution in [3.8, 4) is 6.07 Å². The van der Waals surface area contributed by atoms with E-state index in [2.05, 4.69) is 15.9 Å². The lowest BCUT2D eigenvalue weighted by molar-refractivity contribution is 0.178. The van der Waals surface area contributed by atoms with Crippen LogP contribution in [0.1, 0.15) is 6.92 Å². The van der Waals surface area contributed by atoms with Gasteiger partial charge in [0.2, 0.25) is 6.43 Å². The Labute approximate surface area is 55.4 Å². The first kappa shape index (κ1) is 10.7. The van der Waals surface area contributed by atoms with E-state index in [1.54, 1.807) is 6.07 Å². The average Bonchev–Trinajstić information content (AvgIpc) is 1.69. The lowest BCUT2D eigenvalue weighted by Crippen LogP contribution is -1.86. The molecule has 48 valence electrons. The second-order valence-corrected chi connectivity index (χ2v) is 1.42. The van der Waals surface area contributed by atoms with E-state index in [-0.39, 0.29) is 5.33 Å². The Hall–Kier alpha value is -0.170. The summed E-state index contributed by atoms with van der Waals surface area (Å²) in [5, 5.41) is 7.10. The average molecular weight is 186 g/mol. The number of nitrogens with zero attached hydrogens (tertiary/aromatic N) is 1. The van der Waals surface area contributed by atoms with Crippen molar-refractivity contribution in [3.05, 3.63) is 0 Å². The Balaban J connectivity index is 0. The molecule has 0 spiro atoms. The zero-order valence-electron chi connectivity index (χ0n) is 4.37. The molecule has 0 bridgehead atoms. The fourth-order valence-corrected chi connectivity index (χ4v) is 0. The van der Waals surface area contributed by atoms with E-state index in [4.69, 9.17) is 5.26 Å². The molecule has 4 heteroatoms. The molecule has 0 aromatic heterocycles. The third-order valence-corrected chi connectivity index (χ3v) is 0.606. The zero-order valence-corrected chi connectivity index (χ0v) is 5.95. The summed E-state index contributed by atoms with van der Waals surface area (Å²) in [7, 11) is 0. The molecule has 1 nitrogen and oxygen atoms in total. The van der Waals surface area contributed by atoms with Crippen LogP contribution in [0.4, 0.5) is 8.78 Å². The lowest BCUT2D eigenvalue weighted by atomic mass is 10.9. The Kier molecular flexibility index (Phi) is 13.4. The minimum absolute atomic E-state index is 0.215. The number of halogens is 3. The first-order valence-electron chi connectivity index (χ1n) is 1.84. The predicted molar refractivity (Wildman–Crippen MR) is 31.1 cm³/mol. The maximum Gasteiger partial charge on any atom is 0.248 e. The van der Waals surface area contributed by atoms with Gasteiger partial charge in [-0.3, -0.25) is 0 Å². The standard InChI is InChI=1S/C2H3BrF2.C2H3N/c3-1-2(4)5;1-2-3/h2H,1H2;1H3. The topological polar surface area (TPSA) is 23.8 Å². The molecule has 0 N–H and O–H groups in total. The highest BCUT2D eigenvalue weighted by molar-refractivity contribution is 9.09. The molecular weight excluding hydrogens is 180 g/mol. The van der Waals surface area contributed by atoms with E-state index in [9.17, 15) is 8.78 Å². The molecule has 0 aliphatic heterocycles. The van der Waals surface area contributed by atoms with Gasteiger partial charge in [0, 0.05) is 6.92 Å². The van der Waals surface area contributed by atoms with E-state index in [1.165, 1.54) is 6.92 Å². The Morgan fingerprint density at radius 1 is 1.75 bits per heavy atom. The second-order valence-electron chi connectivity index (χ2n) is 0.769. The molecule has 0 aromatic rings. The SMILES string of the molecule is CC#N.FC(F)CBr. The minimum atomic E-state index is -2.20. The fraction of sp³-hybridized carbons (Fsp3) is 0.750. The Bertz CT molecular complexity index is 68.9. The summed E-state index contributed by atoms with van der Waals surface area (Å²) in [5.41, 5.74) is 0. The van der Waals surface area contributed by atoms with Crippen LogP contribution >= 0.6 is 15.9 Å². The van der Waals surface area contributed by atoms with Gasteiger partial charge >= 0.3 is 0 Å². The van der Waals surface area contributed by atoms with Crippen LogP contribution in [0.3, 0.4) is 0 Å². The van der Waals surface area contributed by atoms with Crippen molar-refractivity contribution in [2.75, 3.05) is 5.33 Å². The molecule has 0 aliphatic rings. The summed E-state index contributed by atoms with van der Waals surface area (Å²) in [4.78, 5) is 0. The van der Waals surface area contributed by atoms with E-state index in [0.29, 0.717) is 0 Å². The number of nitriles is 1. The van der Waals surface area contributed by atoms with Crippen molar-refractivity contribution in [1.82, 2.24) is 0 Å². The predicted octanol–water partition coefficient (Wildman–Crippen LogP) is 2.18. The molecule has 0 radical (unpaired) electrons. The van der Waals surface area contributed by atoms with Crippen molar-refractivity contribution in [2.45, 2.75) is 13.3 Å². The normalized spacial score (nSPS) is 7.00. The van der Waals surface area contributed by atoms with Crippen LogP contribution in [0, 0.1) is 11.3 Å². The molecule has 0 unspecified atom stereocenters. The number of hydrogen-bond acceptors (Lipinski definition) is 1. The van der Waals surface area contributed by atoms with Gasteiger partial charge in [-0.15, -0.1) is 0 Å². The van der Waals surface area contributed by atoms with Gasteiger partial charge in [-0.2, -0.15) is 5.26 Å². The van der Waals surface area contributed by atoms with Gasteiger partial charge in [-0.1, -0.05) is 15.9 Å². The van der Waals surface area contributed by atoms with Crippen molar-refractivity contribution < 1.29 is 8.78 Å². The second kappa shape index (κ2) is 9.95. The van der Waals surface area contributed by atoms with Crippen LogP contribution in [0.15, 0.2) is 0 Å². The third-order valence-electron chi connectivity index (χ3n) is 0.117. The fourth-order valence-electron chi connectivity index (χ4n) is 0. The molecular formula is C4H6BrF2N. The summed E-state index contributed by atoms with van der Waals surface area (Å²) < 4.78 is 21.4. The van der Waals surface area contributed by atoms with Gasteiger partial charge in [0.15, 0.2) is 0 Å². The molecule has 0 amide bonds. The first-order chi connectivity index (χ1) is 3.68. The molecule has 0 fully saturated rings. The van der Waals surface area contributed by atoms with Crippen molar-refractivity contribution in [3.63, 3.8) is 0 Å². The highest BCUT2D eigenvalue weighted by atomic mass is 79.9. The quantitative estimate of drug-likeness (QED) is 0.575. The monoisotopic (exact) mass is 185 g/mol. The first-order valence-corrected chi connectivity index (χ1v) is 2.96. The van der Waals surface area contributed by atoms with Gasteiger partial charge in [-0.05, 0) is 0 Å². The maximum atomic E-state index is 10.7. The van der Waals surface area contributed by atoms with Gasteiger partial charge in [-0.25, -0.2) is 8.78 Å². The molecule has 0 heterocycles. The maximum absolute atomic E-state index is 10.7. The lowest BCUT2D eigenvalue weighted by Gasteiger charge is -1.80.